The predicted octanol–water partition coefficient (Wildman–Crippen LogP) is 3.65. The maximum absolute atomic E-state index is 12.0. The molecule has 0 aliphatic rings. The van der Waals surface area contributed by atoms with E-state index in [9.17, 15) is 9.59 Å². The Morgan fingerprint density at radius 3 is 2.50 bits per heavy atom. The molecule has 0 saturated heterocycles. The number of amides is 2. The average molecular weight is 296 g/mol. The number of rotatable bonds is 7. The topological polar surface area (TPSA) is 58.2 Å². The van der Waals surface area contributed by atoms with Crippen molar-refractivity contribution in [3.8, 4) is 0 Å². The van der Waals surface area contributed by atoms with E-state index in [1.807, 2.05) is 6.92 Å². The van der Waals surface area contributed by atoms with Crippen molar-refractivity contribution < 1.29 is 9.59 Å². The minimum absolute atomic E-state index is 0.0661. The highest BCUT2D eigenvalue weighted by Crippen LogP contribution is 2.22. The monoisotopic (exact) mass is 296 g/mol. The maximum Gasteiger partial charge on any atom is 0.261 e. The Morgan fingerprint density at radius 2 is 1.90 bits per heavy atom. The Morgan fingerprint density at radius 1 is 1.20 bits per heavy atom. The second-order valence-electron chi connectivity index (χ2n) is 5.54. The van der Waals surface area contributed by atoms with Gasteiger partial charge in [-0.05, 0) is 31.4 Å². The van der Waals surface area contributed by atoms with E-state index in [4.69, 9.17) is 0 Å². The minimum atomic E-state index is -0.124. The fourth-order valence-corrected chi connectivity index (χ4v) is 2.76. The molecule has 2 amide bonds. The molecular weight excluding hydrogens is 272 g/mol. The zero-order chi connectivity index (χ0) is 15.1. The van der Waals surface area contributed by atoms with Gasteiger partial charge in [0.1, 0.15) is 0 Å². The number of hydrogen-bond donors (Lipinski definition) is 2. The Bertz CT molecular complexity index is 454. The van der Waals surface area contributed by atoms with E-state index in [1.54, 1.807) is 12.1 Å². The third-order valence-electron chi connectivity index (χ3n) is 2.93. The standard InChI is InChI=1S/C15H24N2O2S/c1-10(2)6-5-7-11(3)16-15(19)13-8-9-14(20-13)17-12(4)18/h8-11H,5-7H2,1-4H3,(H,16,19)(H,17,18). The van der Waals surface area contributed by atoms with Gasteiger partial charge in [-0.1, -0.05) is 26.7 Å². The Labute approximate surface area is 125 Å². The van der Waals surface area contributed by atoms with Gasteiger partial charge in [0.25, 0.3) is 5.91 Å². The largest absolute Gasteiger partial charge is 0.349 e. The molecule has 1 unspecified atom stereocenters. The number of carbonyl (C=O) groups is 2. The molecule has 20 heavy (non-hydrogen) atoms. The molecule has 0 radical (unpaired) electrons. The lowest BCUT2D eigenvalue weighted by molar-refractivity contribution is -0.114. The smallest absolute Gasteiger partial charge is 0.261 e. The van der Waals surface area contributed by atoms with Gasteiger partial charge in [-0.3, -0.25) is 9.59 Å². The van der Waals surface area contributed by atoms with E-state index >= 15 is 0 Å². The summed E-state index contributed by atoms with van der Waals surface area (Å²) < 4.78 is 0. The van der Waals surface area contributed by atoms with Crippen LogP contribution < -0.4 is 10.6 Å². The molecule has 1 aromatic rings. The molecule has 0 aromatic carbocycles. The van der Waals surface area contributed by atoms with E-state index < -0.39 is 0 Å². The Balaban J connectivity index is 2.41. The average Bonchev–Trinajstić information content (AvgIpc) is 2.75. The maximum atomic E-state index is 12.0. The fourth-order valence-electron chi connectivity index (χ4n) is 1.90. The molecule has 5 heteroatoms. The van der Waals surface area contributed by atoms with Crippen LogP contribution in [0.15, 0.2) is 12.1 Å². The van der Waals surface area contributed by atoms with Gasteiger partial charge in [0.05, 0.1) is 9.88 Å². The molecule has 1 heterocycles. The van der Waals surface area contributed by atoms with Crippen molar-refractivity contribution in [1.29, 1.82) is 0 Å². The molecule has 0 bridgehead atoms. The number of thiophene rings is 1. The second-order valence-corrected chi connectivity index (χ2v) is 6.63. The third kappa shape index (κ3) is 6.19. The van der Waals surface area contributed by atoms with E-state index in [1.165, 1.54) is 24.7 Å². The fraction of sp³-hybridized carbons (Fsp3) is 0.600. The number of anilines is 1. The van der Waals surface area contributed by atoms with Crippen molar-refractivity contribution in [2.75, 3.05) is 5.32 Å². The van der Waals surface area contributed by atoms with Gasteiger partial charge in [0.2, 0.25) is 5.91 Å². The first-order valence-electron chi connectivity index (χ1n) is 7.06. The summed E-state index contributed by atoms with van der Waals surface area (Å²) in [6.45, 7) is 7.90. The van der Waals surface area contributed by atoms with E-state index in [0.717, 1.165) is 12.8 Å². The highest BCUT2D eigenvalue weighted by Gasteiger charge is 2.12. The molecule has 0 aliphatic heterocycles. The van der Waals surface area contributed by atoms with Crippen molar-refractivity contribution >= 4 is 28.2 Å². The van der Waals surface area contributed by atoms with Gasteiger partial charge in [-0.25, -0.2) is 0 Å². The van der Waals surface area contributed by atoms with Crippen LogP contribution in [-0.2, 0) is 4.79 Å². The van der Waals surface area contributed by atoms with E-state index in [2.05, 4.69) is 24.5 Å². The predicted molar refractivity (Wildman–Crippen MR) is 84.2 cm³/mol. The molecule has 1 rings (SSSR count). The quantitative estimate of drug-likeness (QED) is 0.807. The van der Waals surface area contributed by atoms with Crippen LogP contribution in [0.5, 0.6) is 0 Å². The Hall–Kier alpha value is -1.36. The zero-order valence-electron chi connectivity index (χ0n) is 12.7. The van der Waals surface area contributed by atoms with Crippen LogP contribution >= 0.6 is 11.3 Å². The molecular formula is C15H24N2O2S. The summed E-state index contributed by atoms with van der Waals surface area (Å²) in [5.74, 6) is 0.514. The summed E-state index contributed by atoms with van der Waals surface area (Å²) in [5.41, 5.74) is 0. The number of carbonyl (C=O) groups excluding carboxylic acids is 2. The summed E-state index contributed by atoms with van der Waals surface area (Å²) in [5, 5.41) is 6.38. The van der Waals surface area contributed by atoms with Crippen molar-refractivity contribution in [1.82, 2.24) is 5.32 Å². The normalized spacial score (nSPS) is 12.2. The highest BCUT2D eigenvalue weighted by atomic mass is 32.1. The highest BCUT2D eigenvalue weighted by molar-refractivity contribution is 7.18. The third-order valence-corrected chi connectivity index (χ3v) is 3.92. The van der Waals surface area contributed by atoms with Gasteiger partial charge < -0.3 is 10.6 Å². The first-order chi connectivity index (χ1) is 9.38. The molecule has 4 nitrogen and oxygen atoms in total. The molecule has 1 aromatic heterocycles. The summed E-state index contributed by atoms with van der Waals surface area (Å²) in [6.07, 6.45) is 3.31. The van der Waals surface area contributed by atoms with Crippen molar-refractivity contribution in [2.45, 2.75) is 53.0 Å². The van der Waals surface area contributed by atoms with Crippen LogP contribution in [0.4, 0.5) is 5.00 Å². The van der Waals surface area contributed by atoms with Crippen LogP contribution in [-0.4, -0.2) is 17.9 Å². The summed E-state index contributed by atoms with van der Waals surface area (Å²) in [7, 11) is 0. The SMILES string of the molecule is CC(=O)Nc1ccc(C(=O)NC(C)CCCC(C)C)s1. The molecule has 0 saturated carbocycles. The molecule has 0 fully saturated rings. The number of hydrogen-bond acceptors (Lipinski definition) is 3. The van der Waals surface area contributed by atoms with Crippen LogP contribution in [0.2, 0.25) is 0 Å². The molecule has 0 aliphatic carbocycles. The number of nitrogens with one attached hydrogen (secondary N) is 2. The van der Waals surface area contributed by atoms with Gasteiger partial charge in [0, 0.05) is 13.0 Å². The lowest BCUT2D eigenvalue weighted by Gasteiger charge is -2.13. The van der Waals surface area contributed by atoms with Gasteiger partial charge in [-0.2, -0.15) is 0 Å². The lowest BCUT2D eigenvalue weighted by Crippen LogP contribution is -2.31. The summed E-state index contributed by atoms with van der Waals surface area (Å²) in [6, 6.07) is 3.67. The first-order valence-corrected chi connectivity index (χ1v) is 7.88. The van der Waals surface area contributed by atoms with Gasteiger partial charge in [-0.15, -0.1) is 11.3 Å². The van der Waals surface area contributed by atoms with Crippen LogP contribution in [0, 0.1) is 5.92 Å². The second kappa shape index (κ2) is 8.04. The minimum Gasteiger partial charge on any atom is -0.349 e. The summed E-state index contributed by atoms with van der Waals surface area (Å²) >= 11 is 1.30. The summed E-state index contributed by atoms with van der Waals surface area (Å²) in [4.78, 5) is 23.6. The van der Waals surface area contributed by atoms with Gasteiger partial charge in [0.15, 0.2) is 0 Å². The van der Waals surface area contributed by atoms with Crippen molar-refractivity contribution in [2.24, 2.45) is 5.92 Å². The van der Waals surface area contributed by atoms with E-state index in [0.29, 0.717) is 15.8 Å². The Kier molecular flexibility index (Phi) is 6.71. The van der Waals surface area contributed by atoms with Crippen LogP contribution in [0.3, 0.4) is 0 Å². The molecule has 0 spiro atoms. The van der Waals surface area contributed by atoms with Crippen molar-refractivity contribution in [3.63, 3.8) is 0 Å². The van der Waals surface area contributed by atoms with Crippen LogP contribution in [0.25, 0.3) is 0 Å². The molecule has 2 N–H and O–H groups in total. The zero-order valence-corrected chi connectivity index (χ0v) is 13.5. The first kappa shape index (κ1) is 16.7. The molecule has 112 valence electrons. The molecule has 1 atom stereocenters. The van der Waals surface area contributed by atoms with E-state index in [-0.39, 0.29) is 17.9 Å². The van der Waals surface area contributed by atoms with Crippen LogP contribution in [0.1, 0.15) is 56.6 Å². The van der Waals surface area contributed by atoms with Gasteiger partial charge >= 0.3 is 0 Å². The van der Waals surface area contributed by atoms with Crippen molar-refractivity contribution in [3.05, 3.63) is 17.0 Å². The lowest BCUT2D eigenvalue weighted by atomic mass is 10.0.